The lowest BCUT2D eigenvalue weighted by Crippen LogP contribution is -2.14. The minimum absolute atomic E-state index is 0.104. The first-order chi connectivity index (χ1) is 14.2. The van der Waals surface area contributed by atoms with Gasteiger partial charge in [0.15, 0.2) is 5.62 Å². The van der Waals surface area contributed by atoms with E-state index in [1.165, 1.54) is 21.8 Å². The summed E-state index contributed by atoms with van der Waals surface area (Å²) in [6.07, 6.45) is 0. The van der Waals surface area contributed by atoms with Crippen molar-refractivity contribution in [3.63, 3.8) is 0 Å². The Balaban J connectivity index is 0.000000424. The van der Waals surface area contributed by atoms with Gasteiger partial charge in [-0.2, -0.15) is 15.8 Å². The van der Waals surface area contributed by atoms with Crippen molar-refractivity contribution < 1.29 is 14.7 Å². The van der Waals surface area contributed by atoms with E-state index in [1.54, 1.807) is 7.05 Å². The van der Waals surface area contributed by atoms with Gasteiger partial charge in [-0.1, -0.05) is 38.1 Å². The van der Waals surface area contributed by atoms with Crippen LogP contribution in [0.1, 0.15) is 36.5 Å². The number of anilines is 1. The van der Waals surface area contributed by atoms with Crippen LogP contribution in [0.5, 0.6) is 5.75 Å². The Kier molecular flexibility index (Phi) is 9.39. The van der Waals surface area contributed by atoms with Crippen LogP contribution in [0.3, 0.4) is 0 Å². The van der Waals surface area contributed by atoms with Crippen LogP contribution in [-0.4, -0.2) is 17.9 Å². The number of nitrogens with zero attached hydrogens (tertiary/aromatic N) is 4. The van der Waals surface area contributed by atoms with Gasteiger partial charge in [0.05, 0.1) is 15.7 Å². The zero-order chi connectivity index (χ0) is 22.7. The van der Waals surface area contributed by atoms with Crippen molar-refractivity contribution in [3.8, 4) is 22.0 Å². The van der Waals surface area contributed by atoms with E-state index in [2.05, 4.69) is 19.9 Å². The molecule has 0 aromatic heterocycles. The van der Waals surface area contributed by atoms with Crippen LogP contribution in [-0.2, 0) is 11.4 Å². The smallest absolute Gasteiger partial charge is 0.196 e. The summed E-state index contributed by atoms with van der Waals surface area (Å²) in [4.78, 5) is 9.89. The Morgan fingerprint density at radius 3 is 2.17 bits per heavy atom. The van der Waals surface area contributed by atoms with Crippen molar-refractivity contribution in [1.29, 1.82) is 15.8 Å². The second kappa shape index (κ2) is 11.5. The molecule has 7 nitrogen and oxygen atoms in total. The van der Waals surface area contributed by atoms with Gasteiger partial charge in [-0.25, -0.2) is 0 Å². The van der Waals surface area contributed by atoms with Gasteiger partial charge in [0.1, 0.15) is 28.6 Å². The maximum atomic E-state index is 9.89. The molecule has 0 aliphatic carbocycles. The zero-order valence-corrected chi connectivity index (χ0v) is 18.2. The van der Waals surface area contributed by atoms with Gasteiger partial charge in [-0.15, -0.1) is 0 Å². The molecule has 2 aromatic carbocycles. The fourth-order valence-electron chi connectivity index (χ4n) is 2.40. The monoisotopic (exact) mass is 424 g/mol. The Hall–Kier alpha value is -3.51. The van der Waals surface area contributed by atoms with Gasteiger partial charge in [0, 0.05) is 12.6 Å². The molecule has 0 saturated carbocycles. The van der Waals surface area contributed by atoms with E-state index in [9.17, 15) is 10.0 Å². The van der Waals surface area contributed by atoms with Crippen LogP contribution in [0, 0.1) is 38.9 Å². The number of hydrogen-bond donors (Lipinski definition) is 1. The Morgan fingerprint density at radius 1 is 1.13 bits per heavy atom. The molecule has 0 amide bonds. The molecule has 0 atom stereocenters. The van der Waals surface area contributed by atoms with Crippen LogP contribution in [0.4, 0.5) is 5.69 Å². The summed E-state index contributed by atoms with van der Waals surface area (Å²) in [7, 11) is -1.29. The average Bonchev–Trinajstić information content (AvgIpc) is 2.75. The third kappa shape index (κ3) is 6.53. The number of hydrogen-bond acceptors (Lipinski definition) is 7. The van der Waals surface area contributed by atoms with Crippen molar-refractivity contribution in [3.05, 3.63) is 59.2 Å². The highest BCUT2D eigenvalue weighted by Crippen LogP contribution is 2.39. The first kappa shape index (κ1) is 24.5. The molecule has 0 radical (unpaired) electrons. The number of carbonyl (C=O) groups is 1. The van der Waals surface area contributed by atoms with Crippen molar-refractivity contribution in [2.75, 3.05) is 12.1 Å². The predicted molar refractivity (Wildman–Crippen MR) is 117 cm³/mol. The molecule has 2 rings (SSSR count). The van der Waals surface area contributed by atoms with Crippen LogP contribution >= 0.6 is 10.0 Å². The van der Waals surface area contributed by atoms with Gasteiger partial charge < -0.3 is 4.74 Å². The lowest BCUT2D eigenvalue weighted by atomic mass is 10.00. The van der Waals surface area contributed by atoms with Crippen molar-refractivity contribution in [2.24, 2.45) is 0 Å². The fraction of sp³-hybridized carbons (Fsp3) is 0.273. The highest BCUT2D eigenvalue weighted by molar-refractivity contribution is 8.53. The SMILES string of the molecule is Cc1ccccc1OCc1cc(C(C)C)ccc1N(C)O.N#CS(C#N)(C#N)C=O. The normalized spacial score (nSPS) is 10.5. The second-order valence-electron chi connectivity index (χ2n) is 6.65. The number of carbonyl (C=O) groups excluding carboxylic acids is 1. The third-order valence-electron chi connectivity index (χ3n) is 4.17. The van der Waals surface area contributed by atoms with Gasteiger partial charge >= 0.3 is 0 Å². The number of ether oxygens (including phenoxy) is 1. The summed E-state index contributed by atoms with van der Waals surface area (Å²) >= 11 is 0. The number of para-hydroxylation sites is 1. The summed E-state index contributed by atoms with van der Waals surface area (Å²) in [5, 5.41) is 39.2. The highest BCUT2D eigenvalue weighted by Gasteiger charge is 2.21. The van der Waals surface area contributed by atoms with Crippen LogP contribution in [0.2, 0.25) is 0 Å². The van der Waals surface area contributed by atoms with Crippen LogP contribution < -0.4 is 9.80 Å². The maximum absolute atomic E-state index is 9.89. The second-order valence-corrected chi connectivity index (χ2v) is 8.71. The van der Waals surface area contributed by atoms with E-state index in [1.807, 2.05) is 43.3 Å². The molecule has 0 heterocycles. The summed E-state index contributed by atoms with van der Waals surface area (Å²) in [5.41, 5.74) is 4.20. The quantitative estimate of drug-likeness (QED) is 0.395. The molecule has 1 N–H and O–H groups in total. The van der Waals surface area contributed by atoms with Gasteiger partial charge in [0.25, 0.3) is 0 Å². The van der Waals surface area contributed by atoms with Crippen LogP contribution in [0.25, 0.3) is 0 Å². The molecule has 0 saturated heterocycles. The molecule has 0 aliphatic heterocycles. The maximum Gasteiger partial charge on any atom is 0.196 e. The summed E-state index contributed by atoms with van der Waals surface area (Å²) in [6.45, 7) is 6.78. The van der Waals surface area contributed by atoms with E-state index in [0.29, 0.717) is 12.5 Å². The van der Waals surface area contributed by atoms with Crippen molar-refractivity contribution >= 4 is 21.3 Å². The molecular formula is C22H24N4O3S. The molecule has 0 aliphatic rings. The van der Waals surface area contributed by atoms with E-state index >= 15 is 0 Å². The van der Waals surface area contributed by atoms with Gasteiger partial charge in [0.2, 0.25) is 0 Å². The number of hydroxylamine groups is 1. The molecule has 156 valence electrons. The lowest BCUT2D eigenvalue weighted by molar-refractivity contribution is 0.270. The third-order valence-corrected chi connectivity index (χ3v) is 5.32. The molecular weight excluding hydrogens is 400 g/mol. The fourth-order valence-corrected chi connectivity index (χ4v) is 2.65. The number of aryl methyl sites for hydroxylation is 1. The molecule has 0 unspecified atom stereocenters. The summed E-state index contributed by atoms with van der Waals surface area (Å²) < 4.78 is 5.91. The number of benzene rings is 2. The molecule has 2 aromatic rings. The molecule has 30 heavy (non-hydrogen) atoms. The molecule has 8 heteroatoms. The zero-order valence-electron chi connectivity index (χ0n) is 17.4. The minimum Gasteiger partial charge on any atom is -0.489 e. The molecule has 0 bridgehead atoms. The first-order valence-electron chi connectivity index (χ1n) is 8.98. The average molecular weight is 425 g/mol. The standard InChI is InChI=1S/C18H23NO2.C4HN3OS/c1-13(2)15-9-10-17(19(4)20)16(11-15)12-21-18-8-6-5-7-14(18)3;5-1-9(2-6,3-7)4-8/h5-11,13,20H,12H2,1-4H3;4H. The minimum atomic E-state index is -2.91. The highest BCUT2D eigenvalue weighted by atomic mass is 32.3. The number of thiocyanates is 3. The van der Waals surface area contributed by atoms with Crippen molar-refractivity contribution in [1.82, 2.24) is 0 Å². The van der Waals surface area contributed by atoms with Crippen LogP contribution in [0.15, 0.2) is 42.5 Å². The number of nitriles is 3. The summed E-state index contributed by atoms with van der Waals surface area (Å²) in [6, 6.07) is 14.0. The predicted octanol–water partition coefficient (Wildman–Crippen LogP) is 4.95. The lowest BCUT2D eigenvalue weighted by Gasteiger charge is -2.19. The van der Waals surface area contributed by atoms with E-state index in [0.717, 1.165) is 27.6 Å². The molecule has 0 spiro atoms. The first-order valence-corrected chi connectivity index (χ1v) is 10.7. The Labute approximate surface area is 178 Å². The van der Waals surface area contributed by atoms with Gasteiger partial charge in [-0.3, -0.25) is 15.1 Å². The topological polar surface area (TPSA) is 121 Å². The largest absolute Gasteiger partial charge is 0.489 e. The number of rotatable bonds is 6. The van der Waals surface area contributed by atoms with Gasteiger partial charge in [-0.05, 0) is 42.2 Å². The van der Waals surface area contributed by atoms with Crippen molar-refractivity contribution in [2.45, 2.75) is 33.3 Å². The van der Waals surface area contributed by atoms with E-state index in [-0.39, 0.29) is 5.62 Å². The van der Waals surface area contributed by atoms with E-state index in [4.69, 9.17) is 20.5 Å². The summed E-state index contributed by atoms with van der Waals surface area (Å²) in [5.74, 6) is 1.32. The van der Waals surface area contributed by atoms with E-state index < -0.39 is 10.0 Å². The Morgan fingerprint density at radius 2 is 1.73 bits per heavy atom. The molecule has 0 fully saturated rings. The Bertz CT molecular complexity index is 965.